The van der Waals surface area contributed by atoms with E-state index in [2.05, 4.69) is 25.8 Å². The Kier molecular flexibility index (Phi) is 6.76. The Balaban J connectivity index is 0.000000354. The van der Waals surface area contributed by atoms with Crippen LogP contribution in [-0.2, 0) is 4.79 Å². The molecule has 0 aliphatic carbocycles. The minimum Gasteiger partial charge on any atom is -0.343 e. The van der Waals surface area contributed by atoms with E-state index in [1.54, 1.807) is 4.90 Å². The lowest BCUT2D eigenvalue weighted by molar-refractivity contribution is -0.119. The maximum absolute atomic E-state index is 10.2. The molecule has 0 atom stereocenters. The molecule has 0 aromatic rings. The number of carbonyl (C=O) groups is 1. The van der Waals surface area contributed by atoms with Gasteiger partial charge in [0, 0.05) is 26.2 Å². The fourth-order valence-electron chi connectivity index (χ4n) is 0.927. The summed E-state index contributed by atoms with van der Waals surface area (Å²) in [5.74, 6) is 0. The first-order valence-electron chi connectivity index (χ1n) is 4.62. The number of amides is 1. The third-order valence-electron chi connectivity index (χ3n) is 1.69. The highest BCUT2D eigenvalue weighted by Gasteiger charge is 2.10. The van der Waals surface area contributed by atoms with Gasteiger partial charge in [-0.3, -0.25) is 4.79 Å². The quantitative estimate of drug-likeness (QED) is 0.546. The lowest BCUT2D eigenvalue weighted by Crippen LogP contribution is -2.43. The van der Waals surface area contributed by atoms with Crippen LogP contribution >= 0.6 is 0 Å². The summed E-state index contributed by atoms with van der Waals surface area (Å²) >= 11 is 0. The van der Waals surface area contributed by atoms with Crippen LogP contribution < -0.4 is 0 Å². The van der Waals surface area contributed by atoms with Gasteiger partial charge in [-0.25, -0.2) is 0 Å². The maximum Gasteiger partial charge on any atom is 0.209 e. The van der Waals surface area contributed by atoms with Gasteiger partial charge in [-0.1, -0.05) is 20.3 Å². The maximum atomic E-state index is 10.2. The van der Waals surface area contributed by atoms with Crippen LogP contribution in [0.2, 0.25) is 0 Å². The van der Waals surface area contributed by atoms with Crippen molar-refractivity contribution in [2.75, 3.05) is 33.2 Å². The van der Waals surface area contributed by atoms with Crippen molar-refractivity contribution < 1.29 is 4.79 Å². The van der Waals surface area contributed by atoms with Gasteiger partial charge < -0.3 is 9.80 Å². The van der Waals surface area contributed by atoms with Crippen molar-refractivity contribution in [1.29, 1.82) is 0 Å². The molecule has 0 bridgehead atoms. The second kappa shape index (κ2) is 7.10. The standard InChI is InChI=1S/C6H12N2O.C3H8/c1-7-2-4-8(6-9)5-3-7;1-3-2/h6H,2-5H2,1H3;3H2,1-2H3. The predicted octanol–water partition coefficient (Wildman–Crippen LogP) is 0.806. The van der Waals surface area contributed by atoms with Crippen molar-refractivity contribution in [2.24, 2.45) is 0 Å². The predicted molar refractivity (Wildman–Crippen MR) is 51.1 cm³/mol. The van der Waals surface area contributed by atoms with Crippen molar-refractivity contribution in [1.82, 2.24) is 9.80 Å². The van der Waals surface area contributed by atoms with Crippen molar-refractivity contribution in [3.8, 4) is 0 Å². The molecule has 3 nitrogen and oxygen atoms in total. The highest BCUT2D eigenvalue weighted by molar-refractivity contribution is 5.47. The zero-order valence-electron chi connectivity index (χ0n) is 8.42. The van der Waals surface area contributed by atoms with Gasteiger partial charge in [0.15, 0.2) is 0 Å². The van der Waals surface area contributed by atoms with E-state index < -0.39 is 0 Å². The van der Waals surface area contributed by atoms with Crippen molar-refractivity contribution >= 4 is 6.41 Å². The Morgan fingerprint density at radius 2 is 1.58 bits per heavy atom. The van der Waals surface area contributed by atoms with Gasteiger partial charge in [-0.15, -0.1) is 0 Å². The van der Waals surface area contributed by atoms with Crippen LogP contribution in [0.25, 0.3) is 0 Å². The van der Waals surface area contributed by atoms with Crippen LogP contribution in [0, 0.1) is 0 Å². The molecular weight excluding hydrogens is 152 g/mol. The molecule has 1 fully saturated rings. The fraction of sp³-hybridized carbons (Fsp3) is 0.889. The van der Waals surface area contributed by atoms with E-state index in [9.17, 15) is 4.79 Å². The van der Waals surface area contributed by atoms with E-state index in [0.29, 0.717) is 0 Å². The highest BCUT2D eigenvalue weighted by Crippen LogP contribution is 1.94. The molecule has 72 valence electrons. The Morgan fingerprint density at radius 1 is 1.17 bits per heavy atom. The summed E-state index contributed by atoms with van der Waals surface area (Å²) in [6.07, 6.45) is 2.17. The summed E-state index contributed by atoms with van der Waals surface area (Å²) in [6, 6.07) is 0. The largest absolute Gasteiger partial charge is 0.343 e. The number of piperazine rings is 1. The first-order valence-corrected chi connectivity index (χ1v) is 4.62. The molecule has 0 N–H and O–H groups in total. The molecule has 1 aliphatic heterocycles. The number of hydrogen-bond acceptors (Lipinski definition) is 2. The second-order valence-corrected chi connectivity index (χ2v) is 3.15. The van der Waals surface area contributed by atoms with Crippen LogP contribution in [0.1, 0.15) is 20.3 Å². The van der Waals surface area contributed by atoms with Gasteiger partial charge in [0.25, 0.3) is 0 Å². The topological polar surface area (TPSA) is 23.6 Å². The SMILES string of the molecule is CCC.CN1CCN(C=O)CC1. The van der Waals surface area contributed by atoms with Crippen molar-refractivity contribution in [2.45, 2.75) is 20.3 Å². The number of likely N-dealkylation sites (N-methyl/N-ethyl adjacent to an activating group) is 1. The molecule has 1 heterocycles. The molecule has 0 spiro atoms. The van der Waals surface area contributed by atoms with Gasteiger partial charge in [0.2, 0.25) is 6.41 Å². The summed E-state index contributed by atoms with van der Waals surface area (Å²) in [7, 11) is 2.07. The molecule has 1 aliphatic rings. The number of hydrogen-bond donors (Lipinski definition) is 0. The Morgan fingerprint density at radius 3 is 1.92 bits per heavy atom. The van der Waals surface area contributed by atoms with E-state index >= 15 is 0 Å². The van der Waals surface area contributed by atoms with E-state index in [1.807, 2.05) is 0 Å². The van der Waals surface area contributed by atoms with Gasteiger partial charge in [-0.2, -0.15) is 0 Å². The molecule has 12 heavy (non-hydrogen) atoms. The van der Waals surface area contributed by atoms with E-state index in [1.165, 1.54) is 6.42 Å². The highest BCUT2D eigenvalue weighted by atomic mass is 16.1. The molecule has 1 rings (SSSR count). The molecule has 0 unspecified atom stereocenters. The number of rotatable bonds is 1. The average Bonchev–Trinajstić information content (AvgIpc) is 2.07. The van der Waals surface area contributed by atoms with Gasteiger partial charge >= 0.3 is 0 Å². The fourth-order valence-corrected chi connectivity index (χ4v) is 0.927. The van der Waals surface area contributed by atoms with E-state index in [0.717, 1.165) is 32.6 Å². The van der Waals surface area contributed by atoms with Gasteiger partial charge in [-0.05, 0) is 7.05 Å². The van der Waals surface area contributed by atoms with Crippen molar-refractivity contribution in [3.05, 3.63) is 0 Å². The average molecular weight is 172 g/mol. The molecule has 0 aromatic heterocycles. The van der Waals surface area contributed by atoms with Crippen LogP contribution in [0.5, 0.6) is 0 Å². The summed E-state index contributed by atoms with van der Waals surface area (Å²) in [6.45, 7) is 8.05. The van der Waals surface area contributed by atoms with Crippen LogP contribution in [0.15, 0.2) is 0 Å². The molecular formula is C9H20N2O. The second-order valence-electron chi connectivity index (χ2n) is 3.15. The Hall–Kier alpha value is -0.570. The van der Waals surface area contributed by atoms with Gasteiger partial charge in [0.05, 0.1) is 0 Å². The molecule has 3 heteroatoms. The van der Waals surface area contributed by atoms with Crippen LogP contribution in [0.4, 0.5) is 0 Å². The molecule has 0 aromatic carbocycles. The monoisotopic (exact) mass is 172 g/mol. The zero-order valence-corrected chi connectivity index (χ0v) is 8.42. The Bertz CT molecular complexity index is 109. The molecule has 0 saturated carbocycles. The van der Waals surface area contributed by atoms with E-state index in [4.69, 9.17) is 0 Å². The normalized spacial score (nSPS) is 18.1. The first kappa shape index (κ1) is 11.4. The minimum atomic E-state index is 0.889. The number of carbonyl (C=O) groups excluding carboxylic acids is 1. The summed E-state index contributed by atoms with van der Waals surface area (Å²) in [5.41, 5.74) is 0. The molecule has 1 saturated heterocycles. The minimum absolute atomic E-state index is 0.889. The van der Waals surface area contributed by atoms with Crippen molar-refractivity contribution in [3.63, 3.8) is 0 Å². The van der Waals surface area contributed by atoms with Crippen LogP contribution in [0.3, 0.4) is 0 Å². The summed E-state index contributed by atoms with van der Waals surface area (Å²) < 4.78 is 0. The third kappa shape index (κ3) is 5.13. The lowest BCUT2D eigenvalue weighted by Gasteiger charge is -2.29. The smallest absolute Gasteiger partial charge is 0.209 e. The van der Waals surface area contributed by atoms with E-state index in [-0.39, 0.29) is 0 Å². The summed E-state index contributed by atoms with van der Waals surface area (Å²) in [4.78, 5) is 14.2. The first-order chi connectivity index (χ1) is 5.74. The van der Waals surface area contributed by atoms with Gasteiger partial charge in [0.1, 0.15) is 0 Å². The molecule has 0 radical (unpaired) electrons. The molecule has 1 amide bonds. The lowest BCUT2D eigenvalue weighted by atomic mass is 10.4. The zero-order chi connectivity index (χ0) is 9.40. The summed E-state index contributed by atoms with van der Waals surface area (Å²) in [5, 5.41) is 0. The Labute approximate surface area is 75.3 Å². The third-order valence-corrected chi connectivity index (χ3v) is 1.69. The number of nitrogens with zero attached hydrogens (tertiary/aromatic N) is 2. The van der Waals surface area contributed by atoms with Crippen LogP contribution in [-0.4, -0.2) is 49.4 Å².